The zero-order valence-corrected chi connectivity index (χ0v) is 9.35. The normalized spacial score (nSPS) is 30.1. The summed E-state index contributed by atoms with van der Waals surface area (Å²) in [5.41, 5.74) is 0. The van der Waals surface area contributed by atoms with E-state index in [1.165, 1.54) is 6.42 Å². The zero-order valence-electron chi connectivity index (χ0n) is 8.60. The number of aromatic nitrogens is 2. The number of anilines is 1. The molecule has 2 aliphatic rings. The first-order chi connectivity index (χ1) is 7.24. The Hall–Kier alpha value is -0.870. The largest absolute Gasteiger partial charge is 0.349 e. The maximum atomic E-state index is 5.72. The smallest absolute Gasteiger partial charge is 0.151 e. The fraction of sp³-hybridized carbons (Fsp3) is 0.600. The van der Waals surface area contributed by atoms with Gasteiger partial charge in [-0.25, -0.2) is 0 Å². The summed E-state index contributed by atoms with van der Waals surface area (Å²) in [6.07, 6.45) is 1.25. The molecule has 0 aromatic carbocycles. The van der Waals surface area contributed by atoms with Crippen molar-refractivity contribution < 1.29 is 0 Å². The van der Waals surface area contributed by atoms with E-state index in [1.807, 2.05) is 6.07 Å². The maximum Gasteiger partial charge on any atom is 0.151 e. The first-order valence-electron chi connectivity index (χ1n) is 5.20. The van der Waals surface area contributed by atoms with Crippen LogP contribution in [0.5, 0.6) is 0 Å². The molecule has 1 aromatic heterocycles. The highest BCUT2D eigenvalue weighted by Gasteiger charge is 2.41. The highest BCUT2D eigenvalue weighted by atomic mass is 35.5. The Balaban J connectivity index is 1.83. The van der Waals surface area contributed by atoms with E-state index in [-0.39, 0.29) is 0 Å². The highest BCUT2D eigenvalue weighted by Crippen LogP contribution is 2.32. The molecule has 4 nitrogen and oxygen atoms in total. The summed E-state index contributed by atoms with van der Waals surface area (Å²) < 4.78 is 0. The van der Waals surface area contributed by atoms with Gasteiger partial charge in [-0.1, -0.05) is 11.6 Å². The minimum absolute atomic E-state index is 0.459. The average molecular weight is 225 g/mol. The van der Waals surface area contributed by atoms with Crippen molar-refractivity contribution in [2.24, 2.45) is 0 Å². The lowest BCUT2D eigenvalue weighted by Gasteiger charge is -2.32. The van der Waals surface area contributed by atoms with E-state index in [0.29, 0.717) is 17.2 Å². The molecule has 0 radical (unpaired) electrons. The van der Waals surface area contributed by atoms with Crippen LogP contribution in [0.3, 0.4) is 0 Å². The lowest BCUT2D eigenvalue weighted by molar-refractivity contribution is 0.292. The SMILES string of the molecule is CN1C[C@H]2CC1CN2c1ccc(Cl)nn1. The van der Waals surface area contributed by atoms with Gasteiger partial charge in [0, 0.05) is 25.2 Å². The Morgan fingerprint density at radius 2 is 2.13 bits per heavy atom. The van der Waals surface area contributed by atoms with Crippen molar-refractivity contribution in [3.63, 3.8) is 0 Å². The predicted molar refractivity (Wildman–Crippen MR) is 59.2 cm³/mol. The molecule has 2 aliphatic heterocycles. The van der Waals surface area contributed by atoms with Gasteiger partial charge in [-0.3, -0.25) is 4.90 Å². The number of rotatable bonds is 1. The van der Waals surface area contributed by atoms with Gasteiger partial charge in [-0.05, 0) is 25.6 Å². The minimum atomic E-state index is 0.459. The molecule has 0 spiro atoms. The van der Waals surface area contributed by atoms with Crippen molar-refractivity contribution in [2.75, 3.05) is 25.0 Å². The summed E-state index contributed by atoms with van der Waals surface area (Å²) in [4.78, 5) is 4.76. The van der Waals surface area contributed by atoms with E-state index in [0.717, 1.165) is 18.9 Å². The monoisotopic (exact) mass is 224 g/mol. The predicted octanol–water partition coefficient (Wildman–Crippen LogP) is 1.02. The lowest BCUT2D eigenvalue weighted by Crippen LogP contribution is -2.44. The van der Waals surface area contributed by atoms with E-state index in [1.54, 1.807) is 6.07 Å². The quantitative estimate of drug-likeness (QED) is 0.713. The number of likely N-dealkylation sites (N-methyl/N-ethyl adjacent to an activating group) is 1. The Kier molecular flexibility index (Phi) is 2.07. The van der Waals surface area contributed by atoms with E-state index >= 15 is 0 Å². The molecule has 2 atom stereocenters. The second-order valence-corrected chi connectivity index (χ2v) is 4.74. The van der Waals surface area contributed by atoms with E-state index in [4.69, 9.17) is 11.6 Å². The summed E-state index contributed by atoms with van der Waals surface area (Å²) in [5, 5.41) is 8.47. The molecule has 3 rings (SSSR count). The summed E-state index contributed by atoms with van der Waals surface area (Å²) in [6.45, 7) is 2.20. The van der Waals surface area contributed by atoms with Crippen molar-refractivity contribution >= 4 is 17.4 Å². The summed E-state index contributed by atoms with van der Waals surface area (Å²) in [7, 11) is 2.19. The molecule has 2 fully saturated rings. The molecule has 0 N–H and O–H groups in total. The molecule has 80 valence electrons. The summed E-state index contributed by atoms with van der Waals surface area (Å²) in [6, 6.07) is 5.05. The number of fused-ring (bicyclic) bond motifs is 2. The van der Waals surface area contributed by atoms with Crippen molar-refractivity contribution in [3.8, 4) is 0 Å². The summed E-state index contributed by atoms with van der Waals surface area (Å²) >= 11 is 5.72. The van der Waals surface area contributed by atoms with E-state index in [2.05, 4.69) is 27.0 Å². The number of halogens is 1. The average Bonchev–Trinajstić information content (AvgIpc) is 2.77. The van der Waals surface area contributed by atoms with Crippen LogP contribution in [-0.4, -0.2) is 47.3 Å². The van der Waals surface area contributed by atoms with Gasteiger partial charge < -0.3 is 4.90 Å². The molecule has 0 saturated carbocycles. The van der Waals surface area contributed by atoms with Crippen LogP contribution < -0.4 is 4.90 Å². The third-order valence-electron chi connectivity index (χ3n) is 3.43. The van der Waals surface area contributed by atoms with Crippen LogP contribution in [-0.2, 0) is 0 Å². The Morgan fingerprint density at radius 1 is 1.27 bits per heavy atom. The van der Waals surface area contributed by atoms with Gasteiger partial charge in [-0.2, -0.15) is 0 Å². The number of hydrogen-bond acceptors (Lipinski definition) is 4. The molecule has 15 heavy (non-hydrogen) atoms. The molecule has 1 aromatic rings. The standard InChI is InChI=1S/C10H13ClN4/c1-14-5-8-4-7(14)6-15(8)10-3-2-9(11)12-13-10/h2-3,7-8H,4-6H2,1H3/t7?,8-/m1/s1. The van der Waals surface area contributed by atoms with Crippen molar-refractivity contribution in [2.45, 2.75) is 18.5 Å². The second-order valence-electron chi connectivity index (χ2n) is 4.35. The van der Waals surface area contributed by atoms with Crippen molar-refractivity contribution in [3.05, 3.63) is 17.3 Å². The molecule has 0 amide bonds. The molecular weight excluding hydrogens is 212 g/mol. The first kappa shape index (κ1) is 9.36. The van der Waals surface area contributed by atoms with Crippen LogP contribution >= 0.6 is 11.6 Å². The minimum Gasteiger partial charge on any atom is -0.349 e. The van der Waals surface area contributed by atoms with Gasteiger partial charge in [0.2, 0.25) is 0 Å². The fourth-order valence-corrected chi connectivity index (χ4v) is 2.71. The van der Waals surface area contributed by atoms with Crippen LogP contribution in [0.15, 0.2) is 12.1 Å². The van der Waals surface area contributed by atoms with Gasteiger partial charge in [0.15, 0.2) is 11.0 Å². The number of hydrogen-bond donors (Lipinski definition) is 0. The van der Waals surface area contributed by atoms with Crippen LogP contribution in [0.1, 0.15) is 6.42 Å². The Labute approximate surface area is 93.8 Å². The highest BCUT2D eigenvalue weighted by molar-refractivity contribution is 6.29. The second kappa shape index (κ2) is 3.32. The van der Waals surface area contributed by atoms with Crippen LogP contribution in [0.2, 0.25) is 5.15 Å². The molecule has 1 unspecified atom stereocenters. The van der Waals surface area contributed by atoms with Crippen LogP contribution in [0.4, 0.5) is 5.82 Å². The van der Waals surface area contributed by atoms with Gasteiger partial charge in [-0.15, -0.1) is 10.2 Å². The molecule has 2 bridgehead atoms. The van der Waals surface area contributed by atoms with Crippen molar-refractivity contribution in [1.82, 2.24) is 15.1 Å². The first-order valence-corrected chi connectivity index (χ1v) is 5.58. The van der Waals surface area contributed by atoms with Gasteiger partial charge in [0.25, 0.3) is 0 Å². The fourth-order valence-electron chi connectivity index (χ4n) is 2.61. The molecular formula is C10H13ClN4. The molecule has 5 heteroatoms. The number of nitrogens with zero attached hydrogens (tertiary/aromatic N) is 4. The Morgan fingerprint density at radius 3 is 2.67 bits per heavy atom. The van der Waals surface area contributed by atoms with Crippen molar-refractivity contribution in [1.29, 1.82) is 0 Å². The maximum absolute atomic E-state index is 5.72. The van der Waals surface area contributed by atoms with E-state index in [9.17, 15) is 0 Å². The number of likely N-dealkylation sites (tertiary alicyclic amines) is 1. The Bertz CT molecular complexity index is 364. The summed E-state index contributed by atoms with van der Waals surface area (Å²) in [5.74, 6) is 0.958. The molecule has 2 saturated heterocycles. The van der Waals surface area contributed by atoms with Crippen LogP contribution in [0, 0.1) is 0 Å². The van der Waals surface area contributed by atoms with Crippen LogP contribution in [0.25, 0.3) is 0 Å². The van der Waals surface area contributed by atoms with Gasteiger partial charge >= 0.3 is 0 Å². The topological polar surface area (TPSA) is 32.3 Å². The third-order valence-corrected chi connectivity index (χ3v) is 3.63. The van der Waals surface area contributed by atoms with E-state index < -0.39 is 0 Å². The third kappa shape index (κ3) is 1.48. The lowest BCUT2D eigenvalue weighted by atomic mass is 10.2. The molecule has 0 aliphatic carbocycles. The van der Waals surface area contributed by atoms with Gasteiger partial charge in [0.05, 0.1) is 0 Å². The van der Waals surface area contributed by atoms with Gasteiger partial charge in [0.1, 0.15) is 0 Å². The number of piperazine rings is 1. The zero-order chi connectivity index (χ0) is 10.4. The molecule has 3 heterocycles.